The minimum absolute atomic E-state index is 0.220. The Labute approximate surface area is 171 Å². The molecule has 0 saturated heterocycles. The number of rotatable bonds is 3. The summed E-state index contributed by atoms with van der Waals surface area (Å²) < 4.78 is 27.8. The summed E-state index contributed by atoms with van der Waals surface area (Å²) in [6.45, 7) is 5.63. The number of carbonyl (C=O) groups is 1. The average molecular weight is 407 g/mol. The quantitative estimate of drug-likeness (QED) is 0.700. The summed E-state index contributed by atoms with van der Waals surface area (Å²) in [4.78, 5) is 13.0. The Morgan fingerprint density at radius 3 is 2.41 bits per heavy atom. The van der Waals surface area contributed by atoms with Gasteiger partial charge in [0.05, 0.1) is 10.6 Å². The topological polar surface area (TPSA) is 66.5 Å². The van der Waals surface area contributed by atoms with Crippen LogP contribution >= 0.6 is 0 Å². The molecule has 6 heteroatoms. The molecule has 1 aliphatic rings. The number of fused-ring (bicyclic) bond motifs is 3. The third kappa shape index (κ3) is 3.40. The Kier molecular flexibility index (Phi) is 4.67. The van der Waals surface area contributed by atoms with Crippen molar-refractivity contribution in [2.75, 3.05) is 16.2 Å². The van der Waals surface area contributed by atoms with Crippen molar-refractivity contribution in [1.82, 2.24) is 0 Å². The molecule has 1 aliphatic heterocycles. The van der Waals surface area contributed by atoms with E-state index < -0.39 is 10.0 Å². The fourth-order valence-electron chi connectivity index (χ4n) is 3.57. The van der Waals surface area contributed by atoms with Crippen LogP contribution < -0.4 is 9.62 Å². The van der Waals surface area contributed by atoms with Crippen LogP contribution in [0.25, 0.3) is 11.1 Å². The maximum absolute atomic E-state index is 13.3. The molecule has 3 aromatic rings. The zero-order valence-corrected chi connectivity index (χ0v) is 17.4. The molecule has 0 bridgehead atoms. The maximum atomic E-state index is 13.3. The van der Waals surface area contributed by atoms with Gasteiger partial charge < -0.3 is 5.32 Å². The minimum Gasteiger partial charge on any atom is -0.325 e. The van der Waals surface area contributed by atoms with Gasteiger partial charge in [0, 0.05) is 16.8 Å². The summed E-state index contributed by atoms with van der Waals surface area (Å²) in [6, 6.07) is 18.1. The predicted octanol–water partition coefficient (Wildman–Crippen LogP) is 4.43. The Hall–Kier alpha value is -3.12. The van der Waals surface area contributed by atoms with Crippen molar-refractivity contribution in [1.29, 1.82) is 0 Å². The van der Waals surface area contributed by atoms with Gasteiger partial charge in [-0.3, -0.25) is 9.10 Å². The highest BCUT2D eigenvalue weighted by Gasteiger charge is 2.35. The lowest BCUT2D eigenvalue weighted by atomic mass is 10.0. The molecule has 0 radical (unpaired) electrons. The molecule has 29 heavy (non-hydrogen) atoms. The highest BCUT2D eigenvalue weighted by Crippen LogP contribution is 2.43. The van der Waals surface area contributed by atoms with Crippen molar-refractivity contribution in [2.45, 2.75) is 25.7 Å². The van der Waals surface area contributed by atoms with Crippen LogP contribution in [-0.2, 0) is 14.8 Å². The van der Waals surface area contributed by atoms with Gasteiger partial charge in [0.1, 0.15) is 6.54 Å². The third-order valence-corrected chi connectivity index (χ3v) is 7.06. The van der Waals surface area contributed by atoms with E-state index in [-0.39, 0.29) is 17.3 Å². The second kappa shape index (κ2) is 7.04. The standard InChI is InChI=1S/C23H22N2O3S/c1-15-8-11-21-20(12-15)19-6-4-5-7-22(19)29(27,28)25(21)14-23(26)24-18-10-9-16(2)17(3)13-18/h4-13H,14H2,1-3H3,(H,24,26). The average Bonchev–Trinajstić information content (AvgIpc) is 2.68. The second-order valence-corrected chi connectivity index (χ2v) is 9.21. The number of sulfonamides is 1. The number of nitrogens with zero attached hydrogens (tertiary/aromatic N) is 1. The first kappa shape index (κ1) is 19.2. The van der Waals surface area contributed by atoms with Crippen LogP contribution in [0.5, 0.6) is 0 Å². The van der Waals surface area contributed by atoms with Gasteiger partial charge >= 0.3 is 0 Å². The van der Waals surface area contributed by atoms with E-state index in [1.54, 1.807) is 24.3 Å². The maximum Gasteiger partial charge on any atom is 0.265 e. The summed E-state index contributed by atoms with van der Waals surface area (Å²) in [5, 5.41) is 2.82. The summed E-state index contributed by atoms with van der Waals surface area (Å²) in [5.74, 6) is -0.386. The molecule has 0 spiro atoms. The second-order valence-electron chi connectivity index (χ2n) is 7.38. The molecule has 4 rings (SSSR count). The van der Waals surface area contributed by atoms with Crippen LogP contribution in [0.2, 0.25) is 0 Å². The molecular weight excluding hydrogens is 384 g/mol. The van der Waals surface area contributed by atoms with E-state index in [2.05, 4.69) is 5.32 Å². The summed E-state index contributed by atoms with van der Waals surface area (Å²) in [6.07, 6.45) is 0. The number of benzene rings is 3. The van der Waals surface area contributed by atoms with Crippen molar-refractivity contribution < 1.29 is 13.2 Å². The third-order valence-electron chi connectivity index (χ3n) is 5.24. The summed E-state index contributed by atoms with van der Waals surface area (Å²) in [5.41, 5.74) is 5.86. The lowest BCUT2D eigenvalue weighted by Crippen LogP contribution is -2.40. The molecule has 0 saturated carbocycles. The molecule has 5 nitrogen and oxygen atoms in total. The fourth-order valence-corrected chi connectivity index (χ4v) is 5.21. The molecule has 0 aliphatic carbocycles. The molecule has 0 atom stereocenters. The molecule has 0 aromatic heterocycles. The monoisotopic (exact) mass is 406 g/mol. The molecule has 1 heterocycles. The van der Waals surface area contributed by atoms with E-state index in [1.807, 2.05) is 57.2 Å². The molecule has 148 valence electrons. The molecule has 0 unspecified atom stereocenters. The molecule has 3 aromatic carbocycles. The van der Waals surface area contributed by atoms with Gasteiger partial charge in [-0.2, -0.15) is 0 Å². The highest BCUT2D eigenvalue weighted by molar-refractivity contribution is 7.93. The van der Waals surface area contributed by atoms with Gasteiger partial charge in [-0.25, -0.2) is 8.42 Å². The number of carbonyl (C=O) groups excluding carboxylic acids is 1. The number of nitrogens with one attached hydrogen (secondary N) is 1. The molecular formula is C23H22N2O3S. The molecule has 1 amide bonds. The van der Waals surface area contributed by atoms with E-state index in [4.69, 9.17) is 0 Å². The zero-order valence-electron chi connectivity index (χ0n) is 16.6. The fraction of sp³-hybridized carbons (Fsp3) is 0.174. The zero-order chi connectivity index (χ0) is 20.8. The van der Waals surface area contributed by atoms with Crippen molar-refractivity contribution >= 4 is 27.3 Å². The number of hydrogen-bond donors (Lipinski definition) is 1. The Bertz CT molecular complexity index is 1230. The lowest BCUT2D eigenvalue weighted by Gasteiger charge is -2.31. The lowest BCUT2D eigenvalue weighted by molar-refractivity contribution is -0.114. The predicted molar refractivity (Wildman–Crippen MR) is 116 cm³/mol. The van der Waals surface area contributed by atoms with Crippen molar-refractivity contribution in [3.05, 3.63) is 77.4 Å². The van der Waals surface area contributed by atoms with E-state index in [0.717, 1.165) is 22.3 Å². The van der Waals surface area contributed by atoms with Crippen molar-refractivity contribution in [2.24, 2.45) is 0 Å². The van der Waals surface area contributed by atoms with Crippen molar-refractivity contribution in [3.63, 3.8) is 0 Å². The number of anilines is 2. The largest absolute Gasteiger partial charge is 0.325 e. The van der Waals surface area contributed by atoms with E-state index in [9.17, 15) is 13.2 Å². The first-order chi connectivity index (χ1) is 13.8. The van der Waals surface area contributed by atoms with E-state index in [0.29, 0.717) is 16.9 Å². The van der Waals surface area contributed by atoms with Gasteiger partial charge in [0.15, 0.2) is 0 Å². The van der Waals surface area contributed by atoms with Crippen molar-refractivity contribution in [3.8, 4) is 11.1 Å². The van der Waals surface area contributed by atoms with Gasteiger partial charge in [-0.15, -0.1) is 0 Å². The van der Waals surface area contributed by atoms with Gasteiger partial charge in [-0.05, 0) is 62.2 Å². The van der Waals surface area contributed by atoms with Crippen LogP contribution in [0, 0.1) is 20.8 Å². The number of amides is 1. The van der Waals surface area contributed by atoms with Crippen LogP contribution in [0.1, 0.15) is 16.7 Å². The van der Waals surface area contributed by atoms with Crippen LogP contribution in [0.15, 0.2) is 65.6 Å². The first-order valence-corrected chi connectivity index (χ1v) is 10.8. The Balaban J connectivity index is 1.72. The van der Waals surface area contributed by atoms with Crippen LogP contribution in [0.3, 0.4) is 0 Å². The number of aryl methyl sites for hydroxylation is 3. The SMILES string of the molecule is Cc1ccc2c(c1)-c1ccccc1S(=O)(=O)N2CC(=O)Nc1ccc(C)c(C)c1. The Morgan fingerprint density at radius 2 is 1.66 bits per heavy atom. The minimum atomic E-state index is -3.84. The summed E-state index contributed by atoms with van der Waals surface area (Å²) >= 11 is 0. The van der Waals surface area contributed by atoms with Crippen LogP contribution in [0.4, 0.5) is 11.4 Å². The summed E-state index contributed by atoms with van der Waals surface area (Å²) in [7, 11) is -3.84. The molecule has 1 N–H and O–H groups in total. The smallest absolute Gasteiger partial charge is 0.265 e. The van der Waals surface area contributed by atoms with E-state index in [1.165, 1.54) is 4.31 Å². The van der Waals surface area contributed by atoms with Crippen LogP contribution in [-0.4, -0.2) is 20.9 Å². The van der Waals surface area contributed by atoms with Gasteiger partial charge in [0.25, 0.3) is 10.0 Å². The van der Waals surface area contributed by atoms with Gasteiger partial charge in [0.2, 0.25) is 5.91 Å². The van der Waals surface area contributed by atoms with E-state index >= 15 is 0 Å². The van der Waals surface area contributed by atoms with Gasteiger partial charge in [-0.1, -0.05) is 35.9 Å². The Morgan fingerprint density at radius 1 is 0.897 bits per heavy atom. The molecule has 0 fully saturated rings. The normalized spacial score (nSPS) is 14.1. The highest BCUT2D eigenvalue weighted by atomic mass is 32.2. The number of hydrogen-bond acceptors (Lipinski definition) is 3. The first-order valence-electron chi connectivity index (χ1n) is 9.37.